The summed E-state index contributed by atoms with van der Waals surface area (Å²) >= 11 is 0. The molecule has 22 heavy (non-hydrogen) atoms. The molecule has 3 rings (SSSR count). The smallest absolute Gasteiger partial charge is 0.228 e. The summed E-state index contributed by atoms with van der Waals surface area (Å²) in [4.78, 5) is 11.6. The summed E-state index contributed by atoms with van der Waals surface area (Å²) in [6.07, 6.45) is 0.395. The van der Waals surface area contributed by atoms with Gasteiger partial charge in [0.1, 0.15) is 11.9 Å². The zero-order valence-corrected chi connectivity index (χ0v) is 12.7. The maximum absolute atomic E-state index is 11.6. The molecule has 0 bridgehead atoms. The first-order chi connectivity index (χ1) is 10.6. The molecule has 4 nitrogen and oxygen atoms in total. The van der Waals surface area contributed by atoms with Crippen LogP contribution in [0.2, 0.25) is 0 Å². The molecule has 1 heterocycles. The monoisotopic (exact) mass is 297 g/mol. The molecule has 0 fully saturated rings. The normalized spacial score (nSPS) is 14.4. The molecule has 0 saturated heterocycles. The molecule has 2 N–H and O–H groups in total. The lowest BCUT2D eigenvalue weighted by molar-refractivity contribution is -0.115. The number of rotatable bonds is 4. The Balaban J connectivity index is 2.05. The molecule has 1 aliphatic heterocycles. The van der Waals surface area contributed by atoms with Crippen LogP contribution in [0.3, 0.4) is 0 Å². The molecular formula is C18H19NO3. The summed E-state index contributed by atoms with van der Waals surface area (Å²) in [5.74, 6) is 0.663. The molecule has 2 aromatic carbocycles. The number of hydrogen-bond acceptors (Lipinski definition) is 3. The molecule has 4 heteroatoms. The number of carbonyl (C=O) groups is 1. The van der Waals surface area contributed by atoms with Crippen LogP contribution >= 0.6 is 0 Å². The second-order valence-electron chi connectivity index (χ2n) is 5.44. The molecule has 1 amide bonds. The molecule has 0 aliphatic carbocycles. The lowest BCUT2D eigenvalue weighted by Gasteiger charge is -2.17. The number of para-hydroxylation sites is 1. The van der Waals surface area contributed by atoms with Crippen molar-refractivity contribution in [1.82, 2.24) is 0 Å². The predicted molar refractivity (Wildman–Crippen MR) is 85.2 cm³/mol. The van der Waals surface area contributed by atoms with E-state index in [1.165, 1.54) is 0 Å². The van der Waals surface area contributed by atoms with Crippen LogP contribution in [0.15, 0.2) is 36.4 Å². The minimum absolute atomic E-state index is 0.00799. The molecule has 1 aliphatic rings. The number of methoxy groups -OCH3 is 1. The predicted octanol–water partition coefficient (Wildman–Crippen LogP) is 2.83. The van der Waals surface area contributed by atoms with Gasteiger partial charge >= 0.3 is 0 Å². The largest absolute Gasteiger partial charge is 0.496 e. The van der Waals surface area contributed by atoms with Gasteiger partial charge in [-0.3, -0.25) is 4.79 Å². The minimum Gasteiger partial charge on any atom is -0.496 e. The second-order valence-corrected chi connectivity index (χ2v) is 5.44. The van der Waals surface area contributed by atoms with E-state index in [-0.39, 0.29) is 5.91 Å². The zero-order valence-electron chi connectivity index (χ0n) is 12.7. The van der Waals surface area contributed by atoms with Gasteiger partial charge in [-0.25, -0.2) is 0 Å². The number of fused-ring (bicyclic) bond motifs is 1. The first-order valence-corrected chi connectivity index (χ1v) is 7.40. The molecule has 114 valence electrons. The highest BCUT2D eigenvalue weighted by atomic mass is 16.5. The Morgan fingerprint density at radius 1 is 1.32 bits per heavy atom. The number of ether oxygens (including phenoxy) is 1. The van der Waals surface area contributed by atoms with Gasteiger partial charge in [-0.1, -0.05) is 37.3 Å². The van der Waals surface area contributed by atoms with Gasteiger partial charge in [0.25, 0.3) is 0 Å². The van der Waals surface area contributed by atoms with Gasteiger partial charge < -0.3 is 15.2 Å². The van der Waals surface area contributed by atoms with Gasteiger partial charge in [-0.2, -0.15) is 0 Å². The van der Waals surface area contributed by atoms with Crippen LogP contribution in [-0.4, -0.2) is 18.1 Å². The summed E-state index contributed by atoms with van der Waals surface area (Å²) in [6, 6.07) is 11.3. The van der Waals surface area contributed by atoms with Gasteiger partial charge in [0.15, 0.2) is 0 Å². The molecule has 0 aromatic heterocycles. The number of aliphatic hydroxyl groups excluding tert-OH is 1. The first kappa shape index (κ1) is 14.6. The van der Waals surface area contributed by atoms with Crippen molar-refractivity contribution >= 4 is 11.6 Å². The Labute approximate surface area is 129 Å². The van der Waals surface area contributed by atoms with Crippen LogP contribution in [0, 0.1) is 0 Å². The number of nitrogens with one attached hydrogen (secondary N) is 1. The Hall–Kier alpha value is -2.33. The van der Waals surface area contributed by atoms with Crippen LogP contribution in [0.4, 0.5) is 5.69 Å². The minimum atomic E-state index is -0.776. The summed E-state index contributed by atoms with van der Waals surface area (Å²) in [5.41, 5.74) is 4.42. The number of aryl methyl sites for hydroxylation is 1. The van der Waals surface area contributed by atoms with Gasteiger partial charge in [0.2, 0.25) is 5.91 Å². The van der Waals surface area contributed by atoms with Crippen molar-refractivity contribution in [3.05, 3.63) is 58.7 Å². The topological polar surface area (TPSA) is 58.6 Å². The highest BCUT2D eigenvalue weighted by Gasteiger charge is 2.24. The highest BCUT2D eigenvalue weighted by molar-refractivity contribution is 6.00. The summed E-state index contributed by atoms with van der Waals surface area (Å²) in [7, 11) is 1.59. The lowest BCUT2D eigenvalue weighted by atomic mass is 9.94. The average molecular weight is 297 g/mol. The maximum Gasteiger partial charge on any atom is 0.228 e. The quantitative estimate of drug-likeness (QED) is 0.912. The van der Waals surface area contributed by atoms with Crippen molar-refractivity contribution in [3.8, 4) is 5.75 Å². The number of amides is 1. The number of carbonyl (C=O) groups excluding carboxylic acids is 1. The van der Waals surface area contributed by atoms with E-state index < -0.39 is 6.10 Å². The Kier molecular flexibility index (Phi) is 3.86. The standard InChI is InChI=1S/C18H19NO3/c1-3-11-8-13(9-12-10-16(20)19-17(11)12)18(21)14-6-4-5-7-15(14)22-2/h4-9,18,21H,3,10H2,1-2H3,(H,19,20). The molecular weight excluding hydrogens is 278 g/mol. The maximum atomic E-state index is 11.6. The summed E-state index contributed by atoms with van der Waals surface area (Å²) in [5, 5.41) is 13.6. The van der Waals surface area contributed by atoms with Gasteiger partial charge in [-0.15, -0.1) is 0 Å². The summed E-state index contributed by atoms with van der Waals surface area (Å²) < 4.78 is 5.33. The van der Waals surface area contributed by atoms with Crippen LogP contribution in [0.25, 0.3) is 0 Å². The second kappa shape index (κ2) is 5.81. The van der Waals surface area contributed by atoms with Crippen molar-refractivity contribution in [2.24, 2.45) is 0 Å². The number of anilines is 1. The van der Waals surface area contributed by atoms with E-state index >= 15 is 0 Å². The van der Waals surface area contributed by atoms with Gasteiger partial charge in [0.05, 0.1) is 13.5 Å². The van der Waals surface area contributed by atoms with E-state index in [1.54, 1.807) is 7.11 Å². The first-order valence-electron chi connectivity index (χ1n) is 7.40. The third kappa shape index (κ3) is 2.46. The van der Waals surface area contributed by atoms with Crippen molar-refractivity contribution in [2.45, 2.75) is 25.9 Å². The van der Waals surface area contributed by atoms with Crippen LogP contribution < -0.4 is 10.1 Å². The highest BCUT2D eigenvalue weighted by Crippen LogP contribution is 2.35. The Morgan fingerprint density at radius 2 is 2.09 bits per heavy atom. The Morgan fingerprint density at radius 3 is 2.82 bits per heavy atom. The van der Waals surface area contributed by atoms with Gasteiger partial charge in [0, 0.05) is 11.3 Å². The van der Waals surface area contributed by atoms with E-state index in [2.05, 4.69) is 5.32 Å². The number of hydrogen-bond donors (Lipinski definition) is 2. The fraction of sp³-hybridized carbons (Fsp3) is 0.278. The van der Waals surface area contributed by atoms with Crippen LogP contribution in [0.5, 0.6) is 5.75 Å². The van der Waals surface area contributed by atoms with E-state index in [1.807, 2.05) is 43.3 Å². The number of aliphatic hydroxyl groups is 1. The zero-order chi connectivity index (χ0) is 15.7. The molecule has 1 unspecified atom stereocenters. The van der Waals surface area contributed by atoms with Crippen LogP contribution in [-0.2, 0) is 17.6 Å². The fourth-order valence-electron chi connectivity index (χ4n) is 2.96. The van der Waals surface area contributed by atoms with Crippen molar-refractivity contribution in [2.75, 3.05) is 12.4 Å². The molecule has 0 spiro atoms. The molecule has 1 atom stereocenters. The van der Waals surface area contributed by atoms with Gasteiger partial charge in [-0.05, 0) is 29.2 Å². The van der Waals surface area contributed by atoms with E-state index in [0.29, 0.717) is 12.2 Å². The van der Waals surface area contributed by atoms with E-state index in [4.69, 9.17) is 4.74 Å². The Bertz CT molecular complexity index is 724. The third-order valence-corrected chi connectivity index (χ3v) is 4.07. The number of benzene rings is 2. The third-order valence-electron chi connectivity index (χ3n) is 4.07. The molecule has 0 saturated carbocycles. The fourth-order valence-corrected chi connectivity index (χ4v) is 2.96. The van der Waals surface area contributed by atoms with Crippen molar-refractivity contribution in [1.29, 1.82) is 0 Å². The van der Waals surface area contributed by atoms with Crippen molar-refractivity contribution < 1.29 is 14.6 Å². The lowest BCUT2D eigenvalue weighted by Crippen LogP contribution is -2.05. The SMILES string of the molecule is CCc1cc(C(O)c2ccccc2OC)cc2c1NC(=O)C2. The summed E-state index contributed by atoms with van der Waals surface area (Å²) in [6.45, 7) is 2.04. The van der Waals surface area contributed by atoms with Crippen LogP contribution in [0.1, 0.15) is 35.3 Å². The van der Waals surface area contributed by atoms with E-state index in [9.17, 15) is 9.90 Å². The molecule has 0 radical (unpaired) electrons. The van der Waals surface area contributed by atoms with Crippen molar-refractivity contribution in [3.63, 3.8) is 0 Å². The average Bonchev–Trinajstić information content (AvgIpc) is 2.93. The van der Waals surface area contributed by atoms with E-state index in [0.717, 1.165) is 34.4 Å². The molecule has 2 aromatic rings.